The average Bonchev–Trinajstić information content (AvgIpc) is 2.32. The number of amides is 2. The Kier molecular flexibility index (Phi) is 6.03. The molecule has 94 valence electrons. The maximum Gasteiger partial charge on any atom is 0.314 e. The van der Waals surface area contributed by atoms with Crippen molar-refractivity contribution in [2.75, 3.05) is 26.8 Å². The number of urea groups is 1. The van der Waals surface area contributed by atoms with Crippen molar-refractivity contribution in [3.63, 3.8) is 0 Å². The van der Waals surface area contributed by atoms with E-state index in [1.54, 1.807) is 25.3 Å². The normalized spacial score (nSPS) is 10.0. The third-order valence-corrected chi connectivity index (χ3v) is 2.23. The minimum Gasteiger partial charge on any atom is -0.383 e. The van der Waals surface area contributed by atoms with Crippen LogP contribution in [-0.2, 0) is 11.2 Å². The third-order valence-electron chi connectivity index (χ3n) is 2.23. The minimum atomic E-state index is -0.265. The first-order valence-corrected chi connectivity index (χ1v) is 5.48. The van der Waals surface area contributed by atoms with Crippen molar-refractivity contribution in [3.05, 3.63) is 35.6 Å². The minimum absolute atomic E-state index is 0.242. The van der Waals surface area contributed by atoms with E-state index in [0.717, 1.165) is 0 Å². The number of nitrogens with one attached hydrogen (secondary N) is 2. The Labute approximate surface area is 100 Å². The summed E-state index contributed by atoms with van der Waals surface area (Å²) in [5.41, 5.74) is 0.602. The molecule has 0 bridgehead atoms. The van der Waals surface area contributed by atoms with Crippen molar-refractivity contribution in [1.82, 2.24) is 10.6 Å². The van der Waals surface area contributed by atoms with Crippen LogP contribution in [0, 0.1) is 5.82 Å². The van der Waals surface area contributed by atoms with Gasteiger partial charge in [-0.05, 0) is 18.1 Å². The summed E-state index contributed by atoms with van der Waals surface area (Å²) in [7, 11) is 1.57. The zero-order chi connectivity index (χ0) is 12.5. The summed E-state index contributed by atoms with van der Waals surface area (Å²) in [6, 6.07) is 6.27. The largest absolute Gasteiger partial charge is 0.383 e. The third kappa shape index (κ3) is 5.31. The van der Waals surface area contributed by atoms with E-state index in [9.17, 15) is 9.18 Å². The number of ether oxygens (including phenoxy) is 1. The molecule has 1 aromatic rings. The Bertz CT molecular complexity index is 358. The average molecular weight is 240 g/mol. The summed E-state index contributed by atoms with van der Waals surface area (Å²) in [5, 5.41) is 5.26. The number of hydrogen-bond donors (Lipinski definition) is 2. The summed E-state index contributed by atoms with van der Waals surface area (Å²) in [6.07, 6.45) is 0.477. The van der Waals surface area contributed by atoms with Crippen molar-refractivity contribution >= 4 is 6.03 Å². The van der Waals surface area contributed by atoms with Gasteiger partial charge in [0.05, 0.1) is 6.61 Å². The van der Waals surface area contributed by atoms with Crippen LogP contribution in [-0.4, -0.2) is 32.8 Å². The molecule has 5 heteroatoms. The van der Waals surface area contributed by atoms with E-state index in [4.69, 9.17) is 4.74 Å². The SMILES string of the molecule is COCCNC(=O)NCCc1ccccc1F. The highest BCUT2D eigenvalue weighted by Crippen LogP contribution is 2.05. The number of carbonyl (C=O) groups is 1. The van der Waals surface area contributed by atoms with Gasteiger partial charge in [-0.15, -0.1) is 0 Å². The molecule has 0 aromatic heterocycles. The highest BCUT2D eigenvalue weighted by Gasteiger charge is 2.02. The number of methoxy groups -OCH3 is 1. The van der Waals surface area contributed by atoms with Gasteiger partial charge in [0.25, 0.3) is 0 Å². The lowest BCUT2D eigenvalue weighted by Gasteiger charge is -2.07. The van der Waals surface area contributed by atoms with Crippen LogP contribution in [0.5, 0.6) is 0 Å². The topological polar surface area (TPSA) is 50.4 Å². The van der Waals surface area contributed by atoms with E-state index in [1.807, 2.05) is 0 Å². The molecule has 0 aliphatic heterocycles. The Morgan fingerprint density at radius 1 is 1.29 bits per heavy atom. The number of halogens is 1. The molecule has 0 aliphatic rings. The fraction of sp³-hybridized carbons (Fsp3) is 0.417. The van der Waals surface area contributed by atoms with Gasteiger partial charge in [0.15, 0.2) is 0 Å². The Hall–Kier alpha value is -1.62. The van der Waals surface area contributed by atoms with E-state index < -0.39 is 0 Å². The second-order valence-electron chi connectivity index (χ2n) is 3.52. The summed E-state index contributed by atoms with van der Waals surface area (Å²) in [6.45, 7) is 1.34. The lowest BCUT2D eigenvalue weighted by Crippen LogP contribution is -2.38. The van der Waals surface area contributed by atoms with Gasteiger partial charge in [-0.1, -0.05) is 18.2 Å². The van der Waals surface area contributed by atoms with Crippen LogP contribution < -0.4 is 10.6 Å². The molecule has 0 atom stereocenters. The molecule has 2 N–H and O–H groups in total. The second-order valence-corrected chi connectivity index (χ2v) is 3.52. The van der Waals surface area contributed by atoms with Crippen molar-refractivity contribution in [2.24, 2.45) is 0 Å². The Morgan fingerprint density at radius 2 is 2.00 bits per heavy atom. The van der Waals surface area contributed by atoms with E-state index in [-0.39, 0.29) is 11.8 Å². The quantitative estimate of drug-likeness (QED) is 0.737. The molecule has 4 nitrogen and oxygen atoms in total. The summed E-state index contributed by atoms with van der Waals surface area (Å²) < 4.78 is 18.0. The molecule has 0 spiro atoms. The van der Waals surface area contributed by atoms with Gasteiger partial charge in [-0.25, -0.2) is 9.18 Å². The second kappa shape index (κ2) is 7.62. The van der Waals surface area contributed by atoms with Crippen LogP contribution in [0.15, 0.2) is 24.3 Å². The summed E-state index contributed by atoms with van der Waals surface area (Å²) >= 11 is 0. The molecule has 0 heterocycles. The van der Waals surface area contributed by atoms with Gasteiger partial charge in [0, 0.05) is 20.2 Å². The van der Waals surface area contributed by atoms with Crippen LogP contribution in [0.4, 0.5) is 9.18 Å². The van der Waals surface area contributed by atoms with Crippen LogP contribution in [0.2, 0.25) is 0 Å². The van der Waals surface area contributed by atoms with E-state index in [0.29, 0.717) is 31.7 Å². The first-order chi connectivity index (χ1) is 8.24. The fourth-order valence-corrected chi connectivity index (χ4v) is 1.34. The van der Waals surface area contributed by atoms with Crippen molar-refractivity contribution < 1.29 is 13.9 Å². The molecule has 2 amide bonds. The number of hydrogen-bond acceptors (Lipinski definition) is 2. The highest BCUT2D eigenvalue weighted by molar-refractivity contribution is 5.73. The molecule has 0 unspecified atom stereocenters. The predicted molar refractivity (Wildman–Crippen MR) is 63.4 cm³/mol. The van der Waals surface area contributed by atoms with Gasteiger partial charge in [-0.2, -0.15) is 0 Å². The van der Waals surface area contributed by atoms with Crippen molar-refractivity contribution in [1.29, 1.82) is 0 Å². The molecular formula is C12H17FN2O2. The van der Waals surface area contributed by atoms with Gasteiger partial charge < -0.3 is 15.4 Å². The smallest absolute Gasteiger partial charge is 0.314 e. The fourth-order valence-electron chi connectivity index (χ4n) is 1.34. The van der Waals surface area contributed by atoms with Gasteiger partial charge >= 0.3 is 6.03 Å². The monoisotopic (exact) mass is 240 g/mol. The molecule has 1 aromatic carbocycles. The summed E-state index contributed by atoms with van der Waals surface area (Å²) in [4.78, 5) is 11.2. The zero-order valence-electron chi connectivity index (χ0n) is 9.83. The van der Waals surface area contributed by atoms with Gasteiger partial charge in [0.2, 0.25) is 0 Å². The highest BCUT2D eigenvalue weighted by atomic mass is 19.1. The molecule has 1 rings (SSSR count). The van der Waals surface area contributed by atoms with Crippen LogP contribution in [0.1, 0.15) is 5.56 Å². The first-order valence-electron chi connectivity index (χ1n) is 5.48. The first kappa shape index (κ1) is 13.4. The Morgan fingerprint density at radius 3 is 2.71 bits per heavy atom. The Balaban J connectivity index is 2.19. The maximum atomic E-state index is 13.2. The van der Waals surface area contributed by atoms with E-state index in [1.165, 1.54) is 6.07 Å². The van der Waals surface area contributed by atoms with E-state index in [2.05, 4.69) is 10.6 Å². The van der Waals surface area contributed by atoms with Crippen molar-refractivity contribution in [2.45, 2.75) is 6.42 Å². The van der Waals surface area contributed by atoms with Gasteiger partial charge in [0.1, 0.15) is 5.82 Å². The molecule has 0 saturated carbocycles. The molecule has 0 aliphatic carbocycles. The lowest BCUT2D eigenvalue weighted by atomic mass is 10.1. The molecule has 0 saturated heterocycles. The number of rotatable bonds is 6. The van der Waals surface area contributed by atoms with Crippen LogP contribution in [0.25, 0.3) is 0 Å². The molecule has 0 radical (unpaired) electrons. The number of carbonyl (C=O) groups excluding carboxylic acids is 1. The van der Waals surface area contributed by atoms with Crippen LogP contribution in [0.3, 0.4) is 0 Å². The standard InChI is InChI=1S/C12H17FN2O2/c1-17-9-8-15-12(16)14-7-6-10-4-2-3-5-11(10)13/h2-5H,6-9H2,1H3,(H2,14,15,16). The number of benzene rings is 1. The lowest BCUT2D eigenvalue weighted by molar-refractivity contribution is 0.196. The predicted octanol–water partition coefficient (Wildman–Crippen LogP) is 1.31. The van der Waals surface area contributed by atoms with Crippen molar-refractivity contribution in [3.8, 4) is 0 Å². The summed E-state index contributed by atoms with van der Waals surface area (Å²) in [5.74, 6) is -0.242. The zero-order valence-corrected chi connectivity index (χ0v) is 9.83. The molecular weight excluding hydrogens is 223 g/mol. The maximum absolute atomic E-state index is 13.2. The molecule has 0 fully saturated rings. The van der Waals surface area contributed by atoms with Gasteiger partial charge in [-0.3, -0.25) is 0 Å². The van der Waals surface area contributed by atoms with Crippen LogP contribution >= 0.6 is 0 Å². The molecule has 17 heavy (non-hydrogen) atoms. The van der Waals surface area contributed by atoms with E-state index >= 15 is 0 Å².